The van der Waals surface area contributed by atoms with Crippen LogP contribution in [-0.2, 0) is 10.0 Å². The van der Waals surface area contributed by atoms with E-state index in [9.17, 15) is 8.42 Å². The first kappa shape index (κ1) is 17.1. The highest BCUT2D eigenvalue weighted by molar-refractivity contribution is 7.89. The highest BCUT2D eigenvalue weighted by atomic mass is 32.2. The number of hydrogen-bond acceptors (Lipinski definition) is 3. The summed E-state index contributed by atoms with van der Waals surface area (Å²) in [5.74, 6) is 0. The molecule has 0 amide bonds. The molecule has 1 fully saturated rings. The summed E-state index contributed by atoms with van der Waals surface area (Å²) in [5.41, 5.74) is 0.732. The monoisotopic (exact) mass is 343 g/mol. The van der Waals surface area contributed by atoms with E-state index in [1.807, 2.05) is 0 Å². The number of benzene rings is 1. The molecule has 1 heterocycles. The Kier molecular flexibility index (Phi) is 6.13. The molecule has 0 saturated carbocycles. The maximum Gasteiger partial charge on any atom is 0.238 e. The van der Waals surface area contributed by atoms with Crippen LogP contribution in [0.15, 0.2) is 29.2 Å². The molecule has 6 nitrogen and oxygen atoms in total. The number of sulfonamides is 1. The maximum atomic E-state index is 11.2. The summed E-state index contributed by atoms with van der Waals surface area (Å²) >= 11 is 5.23. The second-order valence-electron chi connectivity index (χ2n) is 5.51. The SMILES string of the molecule is NS(=O)(=O)c1ccc(NC(=S)NCC[NH+]2CCCCC2)cc1. The molecule has 8 heteroatoms. The van der Waals surface area contributed by atoms with Crippen molar-refractivity contribution in [3.05, 3.63) is 24.3 Å². The summed E-state index contributed by atoms with van der Waals surface area (Å²) in [7, 11) is -3.65. The quantitative estimate of drug-likeness (QED) is 0.551. The normalized spacial score (nSPS) is 16.2. The Balaban J connectivity index is 1.74. The van der Waals surface area contributed by atoms with Gasteiger partial charge in [-0.05, 0) is 55.7 Å². The largest absolute Gasteiger partial charge is 0.357 e. The van der Waals surface area contributed by atoms with Gasteiger partial charge in [0.05, 0.1) is 31.1 Å². The van der Waals surface area contributed by atoms with Crippen LogP contribution in [0.25, 0.3) is 0 Å². The van der Waals surface area contributed by atoms with Crippen molar-refractivity contribution in [1.82, 2.24) is 5.32 Å². The predicted molar refractivity (Wildman–Crippen MR) is 91.5 cm³/mol. The number of likely N-dealkylation sites (tertiary alicyclic amines) is 1. The van der Waals surface area contributed by atoms with E-state index in [1.54, 1.807) is 17.0 Å². The van der Waals surface area contributed by atoms with E-state index in [2.05, 4.69) is 10.6 Å². The van der Waals surface area contributed by atoms with Gasteiger partial charge in [-0.3, -0.25) is 0 Å². The van der Waals surface area contributed by atoms with Gasteiger partial charge in [0.15, 0.2) is 5.11 Å². The van der Waals surface area contributed by atoms with E-state index >= 15 is 0 Å². The summed E-state index contributed by atoms with van der Waals surface area (Å²) < 4.78 is 22.3. The van der Waals surface area contributed by atoms with Crippen LogP contribution >= 0.6 is 12.2 Å². The number of rotatable bonds is 5. The Morgan fingerprint density at radius 1 is 1.18 bits per heavy atom. The zero-order valence-corrected chi connectivity index (χ0v) is 14.1. The van der Waals surface area contributed by atoms with Crippen molar-refractivity contribution in [1.29, 1.82) is 0 Å². The molecule has 5 N–H and O–H groups in total. The van der Waals surface area contributed by atoms with Gasteiger partial charge in [0.2, 0.25) is 10.0 Å². The molecule has 1 aromatic rings. The van der Waals surface area contributed by atoms with Crippen molar-refractivity contribution in [2.75, 3.05) is 31.5 Å². The predicted octanol–water partition coefficient (Wildman–Crippen LogP) is -0.311. The molecular weight excluding hydrogens is 320 g/mol. The molecule has 0 spiro atoms. The van der Waals surface area contributed by atoms with Crippen LogP contribution in [0, 0.1) is 0 Å². The van der Waals surface area contributed by atoms with Crippen LogP contribution < -0.4 is 20.7 Å². The standard InChI is InChI=1S/C14H22N4O2S2/c15-22(19,20)13-6-4-12(5-7-13)17-14(21)16-8-11-18-9-2-1-3-10-18/h4-7H,1-3,8-11H2,(H2,15,19,20)(H2,16,17,21)/p+1. The first-order valence-corrected chi connectivity index (χ1v) is 9.42. The zero-order chi connectivity index (χ0) is 16.0. The molecule has 1 aliphatic heterocycles. The third kappa shape index (κ3) is 5.53. The molecule has 22 heavy (non-hydrogen) atoms. The maximum absolute atomic E-state index is 11.2. The van der Waals surface area contributed by atoms with Gasteiger partial charge in [0.25, 0.3) is 0 Å². The number of hydrogen-bond donors (Lipinski definition) is 4. The van der Waals surface area contributed by atoms with Crippen LogP contribution in [0.3, 0.4) is 0 Å². The van der Waals surface area contributed by atoms with Crippen LogP contribution in [-0.4, -0.2) is 39.7 Å². The lowest BCUT2D eigenvalue weighted by Crippen LogP contribution is -3.13. The molecule has 0 atom stereocenters. The molecule has 0 bridgehead atoms. The number of anilines is 1. The van der Waals surface area contributed by atoms with Gasteiger partial charge >= 0.3 is 0 Å². The topological polar surface area (TPSA) is 88.7 Å². The molecule has 1 saturated heterocycles. The van der Waals surface area contributed by atoms with Gasteiger partial charge < -0.3 is 15.5 Å². The second-order valence-corrected chi connectivity index (χ2v) is 7.48. The highest BCUT2D eigenvalue weighted by Crippen LogP contribution is 2.12. The minimum atomic E-state index is -3.65. The van der Waals surface area contributed by atoms with Crippen LogP contribution in [0.2, 0.25) is 0 Å². The van der Waals surface area contributed by atoms with Gasteiger partial charge in [-0.1, -0.05) is 0 Å². The van der Waals surface area contributed by atoms with Gasteiger partial charge in [0, 0.05) is 5.69 Å². The van der Waals surface area contributed by atoms with Gasteiger partial charge in [-0.2, -0.15) is 0 Å². The van der Waals surface area contributed by atoms with Gasteiger partial charge in [0.1, 0.15) is 0 Å². The average Bonchev–Trinajstić information content (AvgIpc) is 2.48. The molecular formula is C14H23N4O2S2+. The molecule has 0 aromatic heterocycles. The van der Waals surface area contributed by atoms with E-state index in [0.717, 1.165) is 18.8 Å². The van der Waals surface area contributed by atoms with Crippen LogP contribution in [0.5, 0.6) is 0 Å². The van der Waals surface area contributed by atoms with E-state index in [1.165, 1.54) is 44.5 Å². The fraction of sp³-hybridized carbons (Fsp3) is 0.500. The Bertz CT molecular complexity index is 596. The van der Waals surface area contributed by atoms with Crippen molar-refractivity contribution in [3.63, 3.8) is 0 Å². The van der Waals surface area contributed by atoms with E-state index in [4.69, 9.17) is 17.4 Å². The van der Waals surface area contributed by atoms with Gasteiger partial charge in [-0.15, -0.1) is 0 Å². The molecule has 0 unspecified atom stereocenters. The van der Waals surface area contributed by atoms with E-state index < -0.39 is 10.0 Å². The summed E-state index contributed by atoms with van der Waals surface area (Å²) in [4.78, 5) is 1.71. The van der Waals surface area contributed by atoms with Crippen molar-refractivity contribution < 1.29 is 13.3 Å². The Morgan fingerprint density at radius 2 is 1.82 bits per heavy atom. The van der Waals surface area contributed by atoms with Crippen molar-refractivity contribution >= 4 is 33.0 Å². The third-order valence-corrected chi connectivity index (χ3v) is 4.94. The third-order valence-electron chi connectivity index (χ3n) is 3.77. The van der Waals surface area contributed by atoms with Crippen molar-refractivity contribution in [2.24, 2.45) is 5.14 Å². The number of piperidine rings is 1. The van der Waals surface area contributed by atoms with Crippen molar-refractivity contribution in [2.45, 2.75) is 24.2 Å². The van der Waals surface area contributed by atoms with E-state index in [-0.39, 0.29) is 4.90 Å². The van der Waals surface area contributed by atoms with Gasteiger partial charge in [-0.25, -0.2) is 13.6 Å². The summed E-state index contributed by atoms with van der Waals surface area (Å²) in [5, 5.41) is 11.8. The molecule has 1 aliphatic rings. The Hall–Kier alpha value is -1.22. The zero-order valence-electron chi connectivity index (χ0n) is 12.5. The minimum absolute atomic E-state index is 0.0885. The first-order valence-electron chi connectivity index (χ1n) is 7.46. The fourth-order valence-electron chi connectivity index (χ4n) is 2.56. The lowest BCUT2D eigenvalue weighted by molar-refractivity contribution is -0.903. The Morgan fingerprint density at radius 3 is 2.41 bits per heavy atom. The Labute approximate surface area is 137 Å². The molecule has 1 aromatic carbocycles. The first-order chi connectivity index (χ1) is 10.4. The van der Waals surface area contributed by atoms with Crippen LogP contribution in [0.4, 0.5) is 5.69 Å². The minimum Gasteiger partial charge on any atom is -0.357 e. The number of nitrogens with one attached hydrogen (secondary N) is 3. The van der Waals surface area contributed by atoms with Crippen molar-refractivity contribution in [3.8, 4) is 0 Å². The summed E-state index contributed by atoms with van der Waals surface area (Å²) in [6.07, 6.45) is 3.98. The second kappa shape index (κ2) is 7.87. The molecule has 2 rings (SSSR count). The van der Waals surface area contributed by atoms with E-state index in [0.29, 0.717) is 5.11 Å². The number of quaternary nitrogens is 1. The summed E-state index contributed by atoms with van der Waals surface area (Å²) in [6, 6.07) is 6.20. The number of nitrogens with two attached hydrogens (primary N) is 1. The number of primary sulfonamides is 1. The fourth-order valence-corrected chi connectivity index (χ4v) is 3.29. The average molecular weight is 343 g/mol. The smallest absolute Gasteiger partial charge is 0.238 e. The molecule has 0 aliphatic carbocycles. The lowest BCUT2D eigenvalue weighted by Gasteiger charge is -2.23. The van der Waals surface area contributed by atoms with Crippen LogP contribution in [0.1, 0.15) is 19.3 Å². The lowest BCUT2D eigenvalue weighted by atomic mass is 10.1. The molecule has 0 radical (unpaired) electrons. The number of thiocarbonyl (C=S) groups is 1. The highest BCUT2D eigenvalue weighted by Gasteiger charge is 2.12. The summed E-state index contributed by atoms with van der Waals surface area (Å²) in [6.45, 7) is 4.39. The molecule has 122 valence electrons.